The van der Waals surface area contributed by atoms with Crippen molar-refractivity contribution in [2.75, 3.05) is 25.6 Å². The van der Waals surface area contributed by atoms with E-state index in [1.54, 1.807) is 0 Å². The molecule has 4 heteroatoms. The van der Waals surface area contributed by atoms with E-state index in [1.165, 1.54) is 23.5 Å². The molecule has 0 saturated carbocycles. The summed E-state index contributed by atoms with van der Waals surface area (Å²) in [5.41, 5.74) is 1.33. The molecule has 0 aromatic carbocycles. The predicted octanol–water partition coefficient (Wildman–Crippen LogP) is 2.24. The maximum Gasteiger partial charge on any atom is 0.118 e. The van der Waals surface area contributed by atoms with Gasteiger partial charge in [-0.25, -0.2) is 0 Å². The van der Waals surface area contributed by atoms with Gasteiger partial charge >= 0.3 is 0 Å². The first-order valence-corrected chi connectivity index (χ1v) is 7.37. The van der Waals surface area contributed by atoms with Gasteiger partial charge in [0, 0.05) is 23.9 Å². The van der Waals surface area contributed by atoms with Gasteiger partial charge in [-0.05, 0) is 39.3 Å². The van der Waals surface area contributed by atoms with Crippen LogP contribution in [0.1, 0.15) is 23.5 Å². The molecule has 0 aliphatic carbocycles. The molecule has 1 aliphatic heterocycles. The molecule has 3 nitrogen and oxygen atoms in total. The summed E-state index contributed by atoms with van der Waals surface area (Å²) in [6, 6.07) is 2.92. The second-order valence-electron chi connectivity index (χ2n) is 4.76. The fraction of sp³-hybridized carbons (Fsp3) is 0.692. The van der Waals surface area contributed by atoms with Crippen molar-refractivity contribution in [3.05, 3.63) is 23.2 Å². The van der Waals surface area contributed by atoms with Crippen molar-refractivity contribution in [2.45, 2.75) is 32.5 Å². The van der Waals surface area contributed by atoms with Gasteiger partial charge in [-0.3, -0.25) is 4.90 Å². The normalized spacial score (nSPS) is 20.4. The Labute approximate surface area is 108 Å². The fourth-order valence-corrected chi connectivity index (χ4v) is 3.57. The Kier molecular flexibility index (Phi) is 4.54. The van der Waals surface area contributed by atoms with E-state index in [-0.39, 0.29) is 0 Å². The van der Waals surface area contributed by atoms with E-state index < -0.39 is 0 Å². The van der Waals surface area contributed by atoms with Crippen molar-refractivity contribution in [1.82, 2.24) is 10.2 Å². The predicted molar refractivity (Wildman–Crippen MR) is 73.4 cm³/mol. The largest absolute Gasteiger partial charge is 0.465 e. The van der Waals surface area contributed by atoms with Crippen molar-refractivity contribution in [3.8, 4) is 0 Å². The Hall–Kier alpha value is -0.450. The second-order valence-corrected chi connectivity index (χ2v) is 5.91. The molecule has 1 unspecified atom stereocenters. The van der Waals surface area contributed by atoms with E-state index in [0.717, 1.165) is 30.7 Å². The standard InChI is InChI=1S/C13H22N2OS/c1-10-11(6-13(16-10)7-14-2)8-15(3)12-4-5-17-9-12/h6,12,14H,4-5,7-9H2,1-3H3. The van der Waals surface area contributed by atoms with E-state index in [0.29, 0.717) is 0 Å². The number of aryl methyl sites for hydroxylation is 1. The summed E-state index contributed by atoms with van der Waals surface area (Å²) in [4.78, 5) is 2.46. The van der Waals surface area contributed by atoms with E-state index in [4.69, 9.17) is 4.42 Å². The molecule has 0 amide bonds. The quantitative estimate of drug-likeness (QED) is 0.872. The summed E-state index contributed by atoms with van der Waals surface area (Å²) >= 11 is 2.06. The minimum atomic E-state index is 0.738. The lowest BCUT2D eigenvalue weighted by atomic mass is 10.2. The molecule has 1 atom stereocenters. The summed E-state index contributed by atoms with van der Waals surface area (Å²) in [5, 5.41) is 3.12. The van der Waals surface area contributed by atoms with Crippen LogP contribution in [0.15, 0.2) is 10.5 Å². The second kappa shape index (κ2) is 5.94. The SMILES string of the molecule is CNCc1cc(CN(C)C2CCSC2)c(C)o1. The van der Waals surface area contributed by atoms with E-state index in [1.807, 2.05) is 7.05 Å². The van der Waals surface area contributed by atoms with Gasteiger partial charge in [-0.15, -0.1) is 0 Å². The molecule has 1 aliphatic rings. The molecule has 1 aromatic rings. The van der Waals surface area contributed by atoms with Crippen molar-refractivity contribution < 1.29 is 4.42 Å². The maximum absolute atomic E-state index is 5.72. The Bertz CT molecular complexity index is 358. The highest BCUT2D eigenvalue weighted by atomic mass is 32.2. The molecule has 1 saturated heterocycles. The fourth-order valence-electron chi connectivity index (χ4n) is 2.27. The Morgan fingerprint density at radius 3 is 3.06 bits per heavy atom. The van der Waals surface area contributed by atoms with Crippen LogP contribution in [0.25, 0.3) is 0 Å². The first kappa shape index (κ1) is 13.0. The van der Waals surface area contributed by atoms with Gasteiger partial charge in [-0.2, -0.15) is 11.8 Å². The van der Waals surface area contributed by atoms with Gasteiger partial charge in [0.1, 0.15) is 11.5 Å². The summed E-state index contributed by atoms with van der Waals surface area (Å²) in [6.07, 6.45) is 1.32. The summed E-state index contributed by atoms with van der Waals surface area (Å²) in [6.45, 7) is 3.87. The van der Waals surface area contributed by atoms with Crippen molar-refractivity contribution >= 4 is 11.8 Å². The molecule has 1 N–H and O–H groups in total. The third-order valence-electron chi connectivity index (χ3n) is 3.37. The first-order valence-electron chi connectivity index (χ1n) is 6.21. The van der Waals surface area contributed by atoms with Crippen LogP contribution in [0.4, 0.5) is 0 Å². The van der Waals surface area contributed by atoms with E-state index in [2.05, 4.69) is 42.0 Å². The molecule has 17 heavy (non-hydrogen) atoms. The zero-order valence-electron chi connectivity index (χ0n) is 11.0. The first-order chi connectivity index (χ1) is 8.20. The Morgan fingerprint density at radius 2 is 2.41 bits per heavy atom. The molecule has 0 bridgehead atoms. The molecule has 0 spiro atoms. The van der Waals surface area contributed by atoms with Crippen LogP contribution in [-0.2, 0) is 13.1 Å². The van der Waals surface area contributed by atoms with Crippen molar-refractivity contribution in [2.24, 2.45) is 0 Å². The van der Waals surface area contributed by atoms with Crippen LogP contribution < -0.4 is 5.32 Å². The lowest BCUT2D eigenvalue weighted by molar-refractivity contribution is 0.253. The van der Waals surface area contributed by atoms with Gasteiger partial charge < -0.3 is 9.73 Å². The number of rotatable bonds is 5. The summed E-state index contributed by atoms with van der Waals surface area (Å²) in [5.74, 6) is 4.68. The van der Waals surface area contributed by atoms with Crippen LogP contribution in [-0.4, -0.2) is 36.5 Å². The molecule has 0 radical (unpaired) electrons. The minimum absolute atomic E-state index is 0.738. The van der Waals surface area contributed by atoms with E-state index in [9.17, 15) is 0 Å². The topological polar surface area (TPSA) is 28.4 Å². The average Bonchev–Trinajstić information content (AvgIpc) is 2.90. The number of nitrogens with one attached hydrogen (secondary N) is 1. The number of furan rings is 1. The number of thioether (sulfide) groups is 1. The number of nitrogens with zero attached hydrogens (tertiary/aromatic N) is 1. The molecule has 2 heterocycles. The van der Waals surface area contributed by atoms with Gasteiger partial charge in [0.25, 0.3) is 0 Å². The Balaban J connectivity index is 1.97. The zero-order chi connectivity index (χ0) is 12.3. The molecular weight excluding hydrogens is 232 g/mol. The average molecular weight is 254 g/mol. The highest BCUT2D eigenvalue weighted by Gasteiger charge is 2.21. The molecule has 1 aromatic heterocycles. The third kappa shape index (κ3) is 3.27. The molecular formula is C13H22N2OS. The van der Waals surface area contributed by atoms with Crippen molar-refractivity contribution in [1.29, 1.82) is 0 Å². The van der Waals surface area contributed by atoms with Gasteiger partial charge in [0.15, 0.2) is 0 Å². The van der Waals surface area contributed by atoms with E-state index >= 15 is 0 Å². The van der Waals surface area contributed by atoms with Crippen LogP contribution >= 0.6 is 11.8 Å². The molecule has 96 valence electrons. The highest BCUT2D eigenvalue weighted by Crippen LogP contribution is 2.24. The minimum Gasteiger partial charge on any atom is -0.465 e. The smallest absolute Gasteiger partial charge is 0.118 e. The molecule has 1 fully saturated rings. The monoisotopic (exact) mass is 254 g/mol. The third-order valence-corrected chi connectivity index (χ3v) is 4.52. The zero-order valence-corrected chi connectivity index (χ0v) is 11.8. The van der Waals surface area contributed by atoms with Crippen LogP contribution in [0.3, 0.4) is 0 Å². The van der Waals surface area contributed by atoms with Crippen LogP contribution in [0, 0.1) is 6.92 Å². The Morgan fingerprint density at radius 1 is 1.59 bits per heavy atom. The van der Waals surface area contributed by atoms with Crippen LogP contribution in [0.5, 0.6) is 0 Å². The highest BCUT2D eigenvalue weighted by molar-refractivity contribution is 7.99. The van der Waals surface area contributed by atoms with Gasteiger partial charge in [0.05, 0.1) is 6.54 Å². The van der Waals surface area contributed by atoms with Gasteiger partial charge in [0.2, 0.25) is 0 Å². The van der Waals surface area contributed by atoms with Crippen molar-refractivity contribution in [3.63, 3.8) is 0 Å². The lowest BCUT2D eigenvalue weighted by Crippen LogP contribution is -2.30. The van der Waals surface area contributed by atoms with Crippen LogP contribution in [0.2, 0.25) is 0 Å². The summed E-state index contributed by atoms with van der Waals surface area (Å²) < 4.78 is 5.72. The lowest BCUT2D eigenvalue weighted by Gasteiger charge is -2.22. The summed E-state index contributed by atoms with van der Waals surface area (Å²) in [7, 11) is 4.17. The van der Waals surface area contributed by atoms with Gasteiger partial charge in [-0.1, -0.05) is 0 Å². The number of hydrogen-bond acceptors (Lipinski definition) is 4. The maximum atomic E-state index is 5.72. The molecule has 2 rings (SSSR count). The number of hydrogen-bond donors (Lipinski definition) is 1.